The van der Waals surface area contributed by atoms with Crippen LogP contribution < -0.4 is 5.73 Å². The molecule has 7 heteroatoms. The van der Waals surface area contributed by atoms with Crippen molar-refractivity contribution in [3.63, 3.8) is 0 Å². The largest absolute Gasteiger partial charge is 0.387 e. The molecule has 6 nitrogen and oxygen atoms in total. The number of oxime groups is 1. The number of aryl methyl sites for hydroxylation is 1. The van der Waals surface area contributed by atoms with Gasteiger partial charge in [0.1, 0.15) is 11.6 Å². The lowest BCUT2D eigenvalue weighted by Crippen LogP contribution is -2.17. The van der Waals surface area contributed by atoms with Crippen molar-refractivity contribution in [3.05, 3.63) is 52.7 Å². The van der Waals surface area contributed by atoms with Gasteiger partial charge in [0.25, 0.3) is 0 Å². The third-order valence-corrected chi connectivity index (χ3v) is 3.85. The molecule has 1 aromatic heterocycles. The first-order valence-electron chi connectivity index (χ1n) is 7.32. The summed E-state index contributed by atoms with van der Waals surface area (Å²) < 4.78 is 18.0. The second kappa shape index (κ2) is 6.20. The molecule has 0 saturated carbocycles. The first-order chi connectivity index (χ1) is 11.0. The Hall–Kier alpha value is -2.70. The van der Waals surface area contributed by atoms with Gasteiger partial charge in [-0.25, -0.2) is 9.18 Å². The fourth-order valence-electron chi connectivity index (χ4n) is 2.55. The summed E-state index contributed by atoms with van der Waals surface area (Å²) >= 11 is 0. The number of nitrogens with zero attached hydrogens (tertiary/aromatic N) is 2. The van der Waals surface area contributed by atoms with Crippen molar-refractivity contribution in [2.75, 3.05) is 0 Å². The van der Waals surface area contributed by atoms with Crippen molar-refractivity contribution < 1.29 is 18.5 Å². The zero-order valence-corrected chi connectivity index (χ0v) is 12.6. The van der Waals surface area contributed by atoms with E-state index in [0.29, 0.717) is 11.5 Å². The van der Waals surface area contributed by atoms with Crippen LogP contribution in [0.15, 0.2) is 33.9 Å². The second-order valence-corrected chi connectivity index (χ2v) is 5.64. The first-order valence-corrected chi connectivity index (χ1v) is 7.32. The van der Waals surface area contributed by atoms with E-state index in [1.165, 1.54) is 24.3 Å². The maximum Gasteiger partial charge on any atom is 0.387 e. The van der Waals surface area contributed by atoms with E-state index in [2.05, 4.69) is 17.2 Å². The van der Waals surface area contributed by atoms with Crippen LogP contribution in [0.3, 0.4) is 0 Å². The van der Waals surface area contributed by atoms with Gasteiger partial charge in [-0.05, 0) is 43.0 Å². The Morgan fingerprint density at radius 1 is 1.43 bits per heavy atom. The number of nitrogens with two attached hydrogens (primary N) is 1. The maximum absolute atomic E-state index is 12.9. The number of amidine groups is 1. The molecule has 1 atom stereocenters. The Balaban J connectivity index is 1.73. The molecule has 0 spiro atoms. The summed E-state index contributed by atoms with van der Waals surface area (Å²) in [5, 5.41) is 7.37. The van der Waals surface area contributed by atoms with Crippen LogP contribution >= 0.6 is 0 Å². The summed E-state index contributed by atoms with van der Waals surface area (Å²) in [4.78, 5) is 16.9. The second-order valence-electron chi connectivity index (χ2n) is 5.64. The summed E-state index contributed by atoms with van der Waals surface area (Å²) in [6.45, 7) is 2.11. The summed E-state index contributed by atoms with van der Waals surface area (Å²) in [7, 11) is 0. The van der Waals surface area contributed by atoms with Gasteiger partial charge in [0.2, 0.25) is 0 Å². The fraction of sp³-hybridized carbons (Fsp3) is 0.312. The average molecular weight is 317 g/mol. The minimum Gasteiger partial charge on any atom is -0.380 e. The van der Waals surface area contributed by atoms with Gasteiger partial charge in [0, 0.05) is 17.5 Å². The van der Waals surface area contributed by atoms with E-state index in [1.807, 2.05) is 0 Å². The zero-order valence-electron chi connectivity index (χ0n) is 12.6. The molecule has 1 aliphatic carbocycles. The summed E-state index contributed by atoms with van der Waals surface area (Å²) in [5.41, 5.74) is 7.09. The molecular formula is C16H16FN3O3. The van der Waals surface area contributed by atoms with Crippen LogP contribution in [-0.4, -0.2) is 17.0 Å². The number of carbonyl (C=O) groups excluding carboxylic acids is 1. The number of aromatic nitrogens is 1. The lowest BCUT2D eigenvalue weighted by molar-refractivity contribution is 0.0503. The van der Waals surface area contributed by atoms with Gasteiger partial charge in [-0.2, -0.15) is 0 Å². The zero-order chi connectivity index (χ0) is 16.4. The molecule has 0 saturated heterocycles. The number of hydrogen-bond acceptors (Lipinski definition) is 5. The van der Waals surface area contributed by atoms with E-state index >= 15 is 0 Å². The van der Waals surface area contributed by atoms with E-state index in [-0.39, 0.29) is 17.3 Å². The van der Waals surface area contributed by atoms with E-state index < -0.39 is 5.97 Å². The predicted molar refractivity (Wildman–Crippen MR) is 80.2 cm³/mol. The third-order valence-electron chi connectivity index (χ3n) is 3.85. The number of carbonyl (C=O) groups is 1. The number of halogens is 1. The predicted octanol–water partition coefficient (Wildman–Crippen LogP) is 2.42. The molecule has 0 aliphatic heterocycles. The van der Waals surface area contributed by atoms with Crippen molar-refractivity contribution in [1.29, 1.82) is 0 Å². The highest BCUT2D eigenvalue weighted by atomic mass is 19.1. The molecule has 0 fully saturated rings. The molecule has 1 unspecified atom stereocenters. The molecule has 120 valence electrons. The summed E-state index contributed by atoms with van der Waals surface area (Å²) in [6.07, 6.45) is 2.49. The van der Waals surface area contributed by atoms with Crippen molar-refractivity contribution >= 4 is 11.8 Å². The molecule has 1 aliphatic rings. The standard InChI is InChI=1S/C16H16FN3O3/c1-9-2-7-13-12(8-9)14(19-22-13)16(21)23-20-15(18)10-3-5-11(17)6-4-10/h3-6,9H,2,7-8H2,1H3,(H2,18,20). The van der Waals surface area contributed by atoms with Gasteiger partial charge in [0.15, 0.2) is 11.5 Å². The van der Waals surface area contributed by atoms with Crippen LogP contribution in [-0.2, 0) is 17.7 Å². The van der Waals surface area contributed by atoms with Crippen LogP contribution in [0.5, 0.6) is 0 Å². The molecule has 23 heavy (non-hydrogen) atoms. The number of rotatable bonds is 3. The molecule has 0 bridgehead atoms. The normalized spacial score (nSPS) is 17.7. The Labute approximate surface area is 132 Å². The monoisotopic (exact) mass is 317 g/mol. The third kappa shape index (κ3) is 3.23. The molecule has 0 radical (unpaired) electrons. The van der Waals surface area contributed by atoms with Crippen LogP contribution in [0.1, 0.15) is 40.7 Å². The molecule has 1 aromatic carbocycles. The summed E-state index contributed by atoms with van der Waals surface area (Å²) in [6, 6.07) is 5.38. The van der Waals surface area contributed by atoms with Crippen molar-refractivity contribution in [3.8, 4) is 0 Å². The topological polar surface area (TPSA) is 90.7 Å². The number of fused-ring (bicyclic) bond motifs is 1. The average Bonchev–Trinajstić information content (AvgIpc) is 2.96. The van der Waals surface area contributed by atoms with E-state index in [1.54, 1.807) is 0 Å². The molecular weight excluding hydrogens is 301 g/mol. The van der Waals surface area contributed by atoms with E-state index in [4.69, 9.17) is 15.1 Å². The molecule has 1 heterocycles. The maximum atomic E-state index is 12.9. The highest BCUT2D eigenvalue weighted by Crippen LogP contribution is 2.28. The molecule has 2 N–H and O–H groups in total. The first kappa shape index (κ1) is 15.2. The van der Waals surface area contributed by atoms with E-state index in [9.17, 15) is 9.18 Å². The number of hydrogen-bond donors (Lipinski definition) is 1. The van der Waals surface area contributed by atoms with Crippen molar-refractivity contribution in [2.45, 2.75) is 26.2 Å². The van der Waals surface area contributed by atoms with Crippen molar-refractivity contribution in [2.24, 2.45) is 16.8 Å². The van der Waals surface area contributed by atoms with Crippen LogP contribution in [0, 0.1) is 11.7 Å². The quantitative estimate of drug-likeness (QED) is 0.406. The Morgan fingerprint density at radius 2 is 2.17 bits per heavy atom. The smallest absolute Gasteiger partial charge is 0.380 e. The van der Waals surface area contributed by atoms with Gasteiger partial charge < -0.3 is 15.1 Å². The van der Waals surface area contributed by atoms with Crippen LogP contribution in [0.2, 0.25) is 0 Å². The Kier molecular flexibility index (Phi) is 4.10. The van der Waals surface area contributed by atoms with Crippen LogP contribution in [0.4, 0.5) is 4.39 Å². The van der Waals surface area contributed by atoms with Gasteiger partial charge in [-0.3, -0.25) is 0 Å². The lowest BCUT2D eigenvalue weighted by Gasteiger charge is -2.15. The molecule has 3 rings (SSSR count). The van der Waals surface area contributed by atoms with Crippen LogP contribution in [0.25, 0.3) is 0 Å². The van der Waals surface area contributed by atoms with Gasteiger partial charge >= 0.3 is 5.97 Å². The summed E-state index contributed by atoms with van der Waals surface area (Å²) in [5.74, 6) is 0.0619. The minimum atomic E-state index is -0.714. The SMILES string of the molecule is CC1CCc2onc(C(=O)O/N=C(\N)c3ccc(F)cc3)c2C1. The van der Waals surface area contributed by atoms with Gasteiger partial charge in [-0.15, -0.1) is 0 Å². The Bertz CT molecular complexity index is 752. The molecule has 2 aromatic rings. The fourth-order valence-corrected chi connectivity index (χ4v) is 2.55. The lowest BCUT2D eigenvalue weighted by atomic mass is 9.88. The van der Waals surface area contributed by atoms with Crippen molar-refractivity contribution in [1.82, 2.24) is 5.16 Å². The van der Waals surface area contributed by atoms with Gasteiger partial charge in [0.05, 0.1) is 0 Å². The Morgan fingerprint density at radius 3 is 2.91 bits per heavy atom. The highest BCUT2D eigenvalue weighted by Gasteiger charge is 2.28. The molecule has 0 amide bonds. The number of benzene rings is 1. The van der Waals surface area contributed by atoms with E-state index in [0.717, 1.165) is 30.6 Å². The van der Waals surface area contributed by atoms with Gasteiger partial charge in [-0.1, -0.05) is 17.2 Å². The highest BCUT2D eigenvalue weighted by molar-refractivity contribution is 5.98. The minimum absolute atomic E-state index is 0.0240.